The van der Waals surface area contributed by atoms with E-state index in [1.54, 1.807) is 20.3 Å². The molecule has 1 atom stereocenters. The molecule has 2 rings (SSSR count). The second kappa shape index (κ2) is 6.48. The Morgan fingerprint density at radius 1 is 0.952 bits per heavy atom. The van der Waals surface area contributed by atoms with E-state index in [-0.39, 0.29) is 10.6 Å². The third kappa shape index (κ3) is 3.21. The summed E-state index contributed by atoms with van der Waals surface area (Å²) in [6.45, 7) is 3.92. The molecule has 0 radical (unpaired) electrons. The highest BCUT2D eigenvalue weighted by molar-refractivity contribution is 9.09. The maximum absolute atomic E-state index is 14.1. The maximum atomic E-state index is 14.1. The van der Waals surface area contributed by atoms with Crippen molar-refractivity contribution in [3.05, 3.63) is 58.4 Å². The summed E-state index contributed by atoms with van der Waals surface area (Å²) in [5, 5.41) is 0. The molecule has 0 saturated heterocycles. The first-order chi connectivity index (χ1) is 9.97. The Kier molecular flexibility index (Phi) is 4.88. The van der Waals surface area contributed by atoms with Crippen LogP contribution in [0.25, 0.3) is 0 Å². The topological polar surface area (TPSA) is 18.5 Å². The predicted molar refractivity (Wildman–Crippen MR) is 86.2 cm³/mol. The van der Waals surface area contributed by atoms with Gasteiger partial charge in [-0.2, -0.15) is 0 Å². The van der Waals surface area contributed by atoms with Gasteiger partial charge in [0.1, 0.15) is 5.82 Å². The quantitative estimate of drug-likeness (QED) is 0.725. The van der Waals surface area contributed by atoms with Crippen LogP contribution < -0.4 is 9.47 Å². The molecule has 0 amide bonds. The molecule has 0 aromatic heterocycles. The fourth-order valence-electron chi connectivity index (χ4n) is 2.29. The van der Waals surface area contributed by atoms with Crippen molar-refractivity contribution in [3.63, 3.8) is 0 Å². The zero-order chi connectivity index (χ0) is 15.6. The van der Waals surface area contributed by atoms with E-state index in [9.17, 15) is 4.39 Å². The molecular formula is C17H18BrFO2. The SMILES string of the molecule is COc1cc(C)c(C(Br)c2cc(C)ccc2F)cc1OC. The summed E-state index contributed by atoms with van der Waals surface area (Å²) in [6, 6.07) is 8.89. The van der Waals surface area contributed by atoms with Crippen molar-refractivity contribution in [1.29, 1.82) is 0 Å². The summed E-state index contributed by atoms with van der Waals surface area (Å²) < 4.78 is 24.7. The van der Waals surface area contributed by atoms with Gasteiger partial charge in [0.2, 0.25) is 0 Å². The second-order valence-electron chi connectivity index (χ2n) is 4.95. The fraction of sp³-hybridized carbons (Fsp3) is 0.294. The number of rotatable bonds is 4. The van der Waals surface area contributed by atoms with Gasteiger partial charge in [-0.25, -0.2) is 4.39 Å². The van der Waals surface area contributed by atoms with E-state index in [1.807, 2.05) is 32.0 Å². The van der Waals surface area contributed by atoms with Gasteiger partial charge in [-0.15, -0.1) is 0 Å². The van der Waals surface area contributed by atoms with Crippen molar-refractivity contribution in [2.45, 2.75) is 18.7 Å². The molecule has 0 fully saturated rings. The third-order valence-electron chi connectivity index (χ3n) is 3.47. The van der Waals surface area contributed by atoms with Gasteiger partial charge in [-0.3, -0.25) is 0 Å². The Morgan fingerprint density at radius 2 is 1.57 bits per heavy atom. The van der Waals surface area contributed by atoms with E-state index in [1.165, 1.54) is 6.07 Å². The average molecular weight is 353 g/mol. The van der Waals surface area contributed by atoms with Crippen molar-refractivity contribution < 1.29 is 13.9 Å². The molecule has 0 N–H and O–H groups in total. The maximum Gasteiger partial charge on any atom is 0.161 e. The number of alkyl halides is 1. The number of methoxy groups -OCH3 is 2. The number of hydrogen-bond acceptors (Lipinski definition) is 2. The van der Waals surface area contributed by atoms with E-state index in [2.05, 4.69) is 15.9 Å². The Bertz CT molecular complexity index is 655. The van der Waals surface area contributed by atoms with Crippen LogP contribution in [0.3, 0.4) is 0 Å². The lowest BCUT2D eigenvalue weighted by Crippen LogP contribution is -2.01. The van der Waals surface area contributed by atoms with Crippen molar-refractivity contribution in [1.82, 2.24) is 0 Å². The second-order valence-corrected chi connectivity index (χ2v) is 5.87. The Hall–Kier alpha value is -1.55. The van der Waals surface area contributed by atoms with Crippen LogP contribution in [0.15, 0.2) is 30.3 Å². The summed E-state index contributed by atoms with van der Waals surface area (Å²) in [5.41, 5.74) is 3.60. The van der Waals surface area contributed by atoms with Crippen LogP contribution in [0.5, 0.6) is 11.5 Å². The Morgan fingerprint density at radius 3 is 2.19 bits per heavy atom. The summed E-state index contributed by atoms with van der Waals surface area (Å²) in [6.07, 6.45) is 0. The van der Waals surface area contributed by atoms with Gasteiger partial charge in [0.05, 0.1) is 19.0 Å². The van der Waals surface area contributed by atoms with Crippen LogP contribution in [-0.4, -0.2) is 14.2 Å². The zero-order valence-electron chi connectivity index (χ0n) is 12.5. The minimum absolute atomic E-state index is 0.225. The molecule has 2 nitrogen and oxygen atoms in total. The molecule has 112 valence electrons. The minimum atomic E-state index is -0.239. The lowest BCUT2D eigenvalue weighted by Gasteiger charge is -2.18. The fourth-order valence-corrected chi connectivity index (χ4v) is 3.14. The summed E-state index contributed by atoms with van der Waals surface area (Å²) >= 11 is 3.60. The normalized spacial score (nSPS) is 12.1. The highest BCUT2D eigenvalue weighted by Gasteiger charge is 2.19. The molecule has 4 heteroatoms. The van der Waals surface area contributed by atoms with Crippen LogP contribution in [0.2, 0.25) is 0 Å². The van der Waals surface area contributed by atoms with E-state index < -0.39 is 0 Å². The summed E-state index contributed by atoms with van der Waals surface area (Å²) in [4.78, 5) is -0.239. The molecule has 0 heterocycles. The van der Waals surface area contributed by atoms with Crippen molar-refractivity contribution in [2.75, 3.05) is 14.2 Å². The lowest BCUT2D eigenvalue weighted by atomic mass is 9.98. The highest BCUT2D eigenvalue weighted by atomic mass is 79.9. The molecule has 0 saturated carbocycles. The highest BCUT2D eigenvalue weighted by Crippen LogP contribution is 2.39. The Labute approximate surface area is 133 Å². The number of halogens is 2. The lowest BCUT2D eigenvalue weighted by molar-refractivity contribution is 0.354. The number of aryl methyl sites for hydroxylation is 2. The van der Waals surface area contributed by atoms with Gasteiger partial charge in [0, 0.05) is 5.56 Å². The first-order valence-corrected chi connectivity index (χ1v) is 7.52. The molecule has 2 aromatic carbocycles. The van der Waals surface area contributed by atoms with Crippen LogP contribution in [0.1, 0.15) is 27.1 Å². The monoisotopic (exact) mass is 352 g/mol. The van der Waals surface area contributed by atoms with E-state index >= 15 is 0 Å². The van der Waals surface area contributed by atoms with Gasteiger partial charge >= 0.3 is 0 Å². The molecule has 21 heavy (non-hydrogen) atoms. The van der Waals surface area contributed by atoms with Gasteiger partial charge in [0.25, 0.3) is 0 Å². The molecule has 0 aliphatic carbocycles. The predicted octanol–water partition coefficient (Wildman–Crippen LogP) is 4.94. The van der Waals surface area contributed by atoms with E-state index in [4.69, 9.17) is 9.47 Å². The average Bonchev–Trinajstić information content (AvgIpc) is 2.48. The van der Waals surface area contributed by atoms with Crippen molar-refractivity contribution in [3.8, 4) is 11.5 Å². The molecule has 1 unspecified atom stereocenters. The van der Waals surface area contributed by atoms with Gasteiger partial charge in [-0.05, 0) is 43.2 Å². The first-order valence-electron chi connectivity index (χ1n) is 6.60. The number of benzene rings is 2. The smallest absolute Gasteiger partial charge is 0.161 e. The van der Waals surface area contributed by atoms with Crippen molar-refractivity contribution >= 4 is 15.9 Å². The van der Waals surface area contributed by atoms with Crippen LogP contribution in [0.4, 0.5) is 4.39 Å². The number of ether oxygens (including phenoxy) is 2. The van der Waals surface area contributed by atoms with Gasteiger partial charge in [-0.1, -0.05) is 33.6 Å². The van der Waals surface area contributed by atoms with Crippen LogP contribution in [-0.2, 0) is 0 Å². The number of hydrogen-bond donors (Lipinski definition) is 0. The molecule has 0 aliphatic heterocycles. The molecular weight excluding hydrogens is 335 g/mol. The van der Waals surface area contributed by atoms with E-state index in [0.717, 1.165) is 16.7 Å². The summed E-state index contributed by atoms with van der Waals surface area (Å²) in [5.74, 6) is 1.08. The van der Waals surface area contributed by atoms with Crippen LogP contribution in [0, 0.1) is 19.7 Å². The molecule has 2 aromatic rings. The molecule has 0 bridgehead atoms. The van der Waals surface area contributed by atoms with Crippen molar-refractivity contribution in [2.24, 2.45) is 0 Å². The summed E-state index contributed by atoms with van der Waals surface area (Å²) in [7, 11) is 3.19. The van der Waals surface area contributed by atoms with E-state index in [0.29, 0.717) is 17.1 Å². The Balaban J connectivity index is 2.52. The van der Waals surface area contributed by atoms with Gasteiger partial charge in [0.15, 0.2) is 11.5 Å². The largest absolute Gasteiger partial charge is 0.493 e. The van der Waals surface area contributed by atoms with Crippen LogP contribution >= 0.6 is 15.9 Å². The minimum Gasteiger partial charge on any atom is -0.493 e. The van der Waals surface area contributed by atoms with Gasteiger partial charge < -0.3 is 9.47 Å². The first kappa shape index (κ1) is 15.8. The zero-order valence-corrected chi connectivity index (χ0v) is 14.1. The standard InChI is InChI=1S/C17H18BrFO2/c1-10-5-6-14(19)13(7-10)17(18)12-9-16(21-4)15(20-3)8-11(12)2/h5-9,17H,1-4H3. The molecule has 0 aliphatic rings. The molecule has 0 spiro atoms. The third-order valence-corrected chi connectivity index (χ3v) is 4.46.